The Morgan fingerprint density at radius 2 is 1.86 bits per heavy atom. The Bertz CT molecular complexity index is 1400. The predicted octanol–water partition coefficient (Wildman–Crippen LogP) is 5.41. The SMILES string of the molecule is CO/C=C1\C[C@@H](SC2CCCCC2)CN1Cc1ccc(C(=O)N[C@@H](CCS(C)(=O)=O)C(=O)O)c(-c2ccccc2C)c1. The molecule has 1 heterocycles. The van der Waals surface area contributed by atoms with Gasteiger partial charge in [0.05, 0.1) is 12.9 Å². The maximum absolute atomic E-state index is 13.5. The summed E-state index contributed by atoms with van der Waals surface area (Å²) < 4.78 is 28.7. The van der Waals surface area contributed by atoms with Crippen molar-refractivity contribution in [3.05, 3.63) is 71.1 Å². The molecule has 0 radical (unpaired) electrons. The molecule has 4 rings (SSSR count). The van der Waals surface area contributed by atoms with Crippen LogP contribution in [0.3, 0.4) is 0 Å². The van der Waals surface area contributed by atoms with Gasteiger partial charge in [-0.25, -0.2) is 13.2 Å². The summed E-state index contributed by atoms with van der Waals surface area (Å²) in [6.07, 6.45) is 10.2. The summed E-state index contributed by atoms with van der Waals surface area (Å²) in [6.45, 7) is 3.56. The van der Waals surface area contributed by atoms with Gasteiger partial charge in [-0.15, -0.1) is 0 Å². The summed E-state index contributed by atoms with van der Waals surface area (Å²) in [4.78, 5) is 27.6. The fraction of sp³-hybridized carbons (Fsp3) is 0.500. The zero-order chi connectivity index (χ0) is 30.3. The Morgan fingerprint density at radius 3 is 2.52 bits per heavy atom. The van der Waals surface area contributed by atoms with Gasteiger partial charge < -0.3 is 20.1 Å². The Hall–Kier alpha value is -2.98. The molecule has 0 unspecified atom stereocenters. The van der Waals surface area contributed by atoms with Gasteiger partial charge in [0.15, 0.2) is 0 Å². The van der Waals surface area contributed by atoms with Crippen molar-refractivity contribution in [2.24, 2.45) is 0 Å². The Labute approximate surface area is 253 Å². The normalized spacial score (nSPS) is 19.5. The van der Waals surface area contributed by atoms with E-state index in [2.05, 4.69) is 22.0 Å². The van der Waals surface area contributed by atoms with Crippen molar-refractivity contribution in [2.75, 3.05) is 25.7 Å². The van der Waals surface area contributed by atoms with E-state index in [1.807, 2.05) is 49.6 Å². The smallest absolute Gasteiger partial charge is 0.326 e. The van der Waals surface area contributed by atoms with Gasteiger partial charge >= 0.3 is 5.97 Å². The minimum atomic E-state index is -3.38. The number of sulfone groups is 1. The van der Waals surface area contributed by atoms with Crippen LogP contribution in [0.1, 0.15) is 66.4 Å². The number of thioether (sulfide) groups is 1. The molecule has 42 heavy (non-hydrogen) atoms. The van der Waals surface area contributed by atoms with E-state index < -0.39 is 27.8 Å². The van der Waals surface area contributed by atoms with Crippen LogP contribution in [0.4, 0.5) is 0 Å². The van der Waals surface area contributed by atoms with Crippen LogP contribution in [-0.2, 0) is 25.9 Å². The first-order chi connectivity index (χ1) is 20.0. The zero-order valence-corrected chi connectivity index (χ0v) is 26.3. The summed E-state index contributed by atoms with van der Waals surface area (Å²) in [5.74, 6) is -2.15. The summed E-state index contributed by atoms with van der Waals surface area (Å²) in [6, 6.07) is 12.1. The maximum atomic E-state index is 13.5. The van der Waals surface area contributed by atoms with Crippen molar-refractivity contribution in [3.63, 3.8) is 0 Å². The number of nitrogens with zero attached hydrogens (tertiary/aromatic N) is 1. The number of amides is 1. The minimum absolute atomic E-state index is 0.207. The topological polar surface area (TPSA) is 113 Å². The molecule has 1 amide bonds. The second-order valence-electron chi connectivity index (χ2n) is 11.4. The second kappa shape index (κ2) is 14.5. The van der Waals surface area contributed by atoms with Crippen molar-refractivity contribution in [3.8, 4) is 11.1 Å². The molecular weight excluding hydrogens is 572 g/mol. The highest BCUT2D eigenvalue weighted by atomic mass is 32.2. The van der Waals surface area contributed by atoms with Crippen LogP contribution < -0.4 is 5.32 Å². The number of carbonyl (C=O) groups excluding carboxylic acids is 1. The number of aryl methyl sites for hydroxylation is 1. The highest BCUT2D eigenvalue weighted by molar-refractivity contribution is 8.00. The van der Waals surface area contributed by atoms with Gasteiger partial charge in [-0.3, -0.25) is 4.79 Å². The van der Waals surface area contributed by atoms with E-state index in [9.17, 15) is 23.1 Å². The molecule has 0 aromatic heterocycles. The highest BCUT2D eigenvalue weighted by Gasteiger charge is 2.31. The van der Waals surface area contributed by atoms with Crippen molar-refractivity contribution in [2.45, 2.75) is 75.0 Å². The molecule has 2 aromatic rings. The molecule has 2 aromatic carbocycles. The number of ether oxygens (including phenoxy) is 1. The van der Waals surface area contributed by atoms with Gasteiger partial charge in [0.1, 0.15) is 22.1 Å². The zero-order valence-electron chi connectivity index (χ0n) is 24.7. The van der Waals surface area contributed by atoms with Crippen LogP contribution in [0.2, 0.25) is 0 Å². The lowest BCUT2D eigenvalue weighted by molar-refractivity contribution is -0.139. The average molecular weight is 615 g/mol. The quantitative estimate of drug-likeness (QED) is 0.306. The number of carboxylic acids is 1. The van der Waals surface area contributed by atoms with Gasteiger partial charge in [-0.05, 0) is 60.6 Å². The van der Waals surface area contributed by atoms with E-state index >= 15 is 0 Å². The third-order valence-corrected chi connectivity index (χ3v) is 10.5. The van der Waals surface area contributed by atoms with Crippen LogP contribution in [0, 0.1) is 6.92 Å². The van der Waals surface area contributed by atoms with E-state index in [0.717, 1.165) is 41.2 Å². The molecule has 2 fully saturated rings. The number of likely N-dealkylation sites (tertiary alicyclic amines) is 1. The number of aliphatic carboxylic acids is 1. The first kappa shape index (κ1) is 31.9. The highest BCUT2D eigenvalue weighted by Crippen LogP contribution is 2.38. The van der Waals surface area contributed by atoms with E-state index in [1.54, 1.807) is 13.2 Å². The molecule has 0 bridgehead atoms. The number of methoxy groups -OCH3 is 1. The molecule has 10 heteroatoms. The molecular formula is C32H42N2O6S2. The lowest BCUT2D eigenvalue weighted by atomic mass is 9.93. The number of hydrogen-bond acceptors (Lipinski definition) is 7. The van der Waals surface area contributed by atoms with Crippen molar-refractivity contribution in [1.82, 2.24) is 10.2 Å². The maximum Gasteiger partial charge on any atom is 0.326 e. The van der Waals surface area contributed by atoms with E-state index in [4.69, 9.17) is 4.74 Å². The third kappa shape index (κ3) is 8.77. The lowest BCUT2D eigenvalue weighted by Crippen LogP contribution is -2.42. The number of allylic oxidation sites excluding steroid dienone is 1. The Balaban J connectivity index is 1.58. The van der Waals surface area contributed by atoms with Crippen LogP contribution in [-0.4, -0.2) is 72.5 Å². The number of carbonyl (C=O) groups is 2. The van der Waals surface area contributed by atoms with Crippen LogP contribution in [0.5, 0.6) is 0 Å². The summed E-state index contributed by atoms with van der Waals surface area (Å²) in [5.41, 5.74) is 5.12. The number of carboxylic acid groups (broad SMARTS) is 1. The second-order valence-corrected chi connectivity index (χ2v) is 15.3. The van der Waals surface area contributed by atoms with Crippen LogP contribution in [0.25, 0.3) is 11.1 Å². The molecule has 1 saturated heterocycles. The minimum Gasteiger partial charge on any atom is -0.503 e. The molecule has 1 aliphatic carbocycles. The molecule has 2 aliphatic rings. The third-order valence-electron chi connectivity index (χ3n) is 7.98. The number of rotatable bonds is 12. The van der Waals surface area contributed by atoms with Crippen LogP contribution in [0.15, 0.2) is 54.4 Å². The van der Waals surface area contributed by atoms with Crippen molar-refractivity contribution < 1.29 is 27.9 Å². The number of nitrogens with one attached hydrogen (secondary N) is 1. The molecule has 1 saturated carbocycles. The van der Waals surface area contributed by atoms with Gasteiger partial charge in [-0.2, -0.15) is 11.8 Å². The molecule has 0 spiro atoms. The molecule has 1 aliphatic heterocycles. The summed E-state index contributed by atoms with van der Waals surface area (Å²) in [5, 5.41) is 13.5. The van der Waals surface area contributed by atoms with Crippen LogP contribution >= 0.6 is 11.8 Å². The fourth-order valence-electron chi connectivity index (χ4n) is 5.81. The number of hydrogen-bond donors (Lipinski definition) is 2. The monoisotopic (exact) mass is 614 g/mol. The molecule has 2 atom stereocenters. The van der Waals surface area contributed by atoms with Crippen molar-refractivity contribution >= 4 is 33.5 Å². The van der Waals surface area contributed by atoms with E-state index in [1.165, 1.54) is 37.8 Å². The average Bonchev–Trinajstić information content (AvgIpc) is 3.31. The Morgan fingerprint density at radius 1 is 1.12 bits per heavy atom. The van der Waals surface area contributed by atoms with Crippen molar-refractivity contribution in [1.29, 1.82) is 0 Å². The van der Waals surface area contributed by atoms with Gasteiger partial charge in [0, 0.05) is 47.5 Å². The van der Waals surface area contributed by atoms with Gasteiger partial charge in [0.25, 0.3) is 5.91 Å². The van der Waals surface area contributed by atoms with E-state index in [-0.39, 0.29) is 12.2 Å². The van der Waals surface area contributed by atoms with Gasteiger partial charge in [-0.1, -0.05) is 49.6 Å². The number of benzene rings is 2. The Kier molecular flexibility index (Phi) is 11.0. The molecule has 2 N–H and O–H groups in total. The lowest BCUT2D eigenvalue weighted by Gasteiger charge is -2.25. The van der Waals surface area contributed by atoms with Gasteiger partial charge in [0.2, 0.25) is 0 Å². The summed E-state index contributed by atoms with van der Waals surface area (Å²) in [7, 11) is -1.71. The standard InChI is InChI=1S/C32H42N2O6S2/c1-22-9-7-8-12-27(22)29-17-23(13-14-28(29)31(35)33-30(32(36)37)15-16-42(3,38)39)19-34-20-26(18-24(34)21-40-2)41-25-10-5-4-6-11-25/h7-9,12-14,17,21,25-26,30H,4-6,10-11,15-16,18-20H2,1-3H3,(H,33,35)(H,36,37)/b24-21+/t26-,30+/m1/s1. The molecule has 228 valence electrons. The molecule has 8 nitrogen and oxygen atoms in total. The largest absolute Gasteiger partial charge is 0.503 e. The first-order valence-electron chi connectivity index (χ1n) is 14.6. The fourth-order valence-corrected chi connectivity index (χ4v) is 8.16. The summed E-state index contributed by atoms with van der Waals surface area (Å²) >= 11 is 2.12. The predicted molar refractivity (Wildman–Crippen MR) is 168 cm³/mol. The first-order valence-corrected chi connectivity index (χ1v) is 17.6. The van der Waals surface area contributed by atoms with E-state index in [0.29, 0.717) is 22.9 Å².